The Morgan fingerprint density at radius 2 is 2.14 bits per heavy atom. The quantitative estimate of drug-likeness (QED) is 0.687. The van der Waals surface area contributed by atoms with Crippen LogP contribution in [0.5, 0.6) is 0 Å². The zero-order valence-electron chi connectivity index (χ0n) is 8.92. The van der Waals surface area contributed by atoms with Gasteiger partial charge >= 0.3 is 0 Å². The van der Waals surface area contributed by atoms with E-state index >= 15 is 0 Å². The third kappa shape index (κ3) is 2.53. The molecule has 1 rings (SSSR count). The predicted octanol–water partition coefficient (Wildman–Crippen LogP) is 3.11. The Kier molecular flexibility index (Phi) is 4.04. The largest absolute Gasteiger partial charge is 0.399 e. The number of hydrogen-bond donors (Lipinski definition) is 1. The van der Waals surface area contributed by atoms with Crippen molar-refractivity contribution in [2.75, 3.05) is 17.7 Å². The van der Waals surface area contributed by atoms with Crippen molar-refractivity contribution in [3.63, 3.8) is 0 Å². The maximum Gasteiger partial charge on any atom is 0.0503 e. The lowest BCUT2D eigenvalue weighted by Gasteiger charge is -2.27. The molecule has 0 bridgehead atoms. The van der Waals surface area contributed by atoms with E-state index in [0.29, 0.717) is 6.04 Å². The smallest absolute Gasteiger partial charge is 0.0503 e. The summed E-state index contributed by atoms with van der Waals surface area (Å²) in [7, 11) is 2.13. The number of anilines is 2. The van der Waals surface area contributed by atoms with Crippen molar-refractivity contribution in [3.05, 3.63) is 21.8 Å². The van der Waals surface area contributed by atoms with Crippen molar-refractivity contribution in [1.29, 1.82) is 0 Å². The van der Waals surface area contributed by atoms with Crippen LogP contribution in [0.25, 0.3) is 0 Å². The lowest BCUT2D eigenvalue weighted by atomic mass is 10.2. The summed E-state index contributed by atoms with van der Waals surface area (Å²) in [6, 6.07) is 6.61. The van der Waals surface area contributed by atoms with E-state index in [1.807, 2.05) is 12.1 Å². The standard InChI is InChI=1S/C11H17IN2/c1-4-8(2)14(3)11-6-5-9(13)7-10(11)12/h5-8H,4,13H2,1-3H3. The van der Waals surface area contributed by atoms with Crippen LogP contribution < -0.4 is 10.6 Å². The SMILES string of the molecule is CCC(C)N(C)c1ccc(N)cc1I. The van der Waals surface area contributed by atoms with E-state index in [1.54, 1.807) is 0 Å². The first-order valence-corrected chi connectivity index (χ1v) is 5.92. The average Bonchev–Trinajstić information content (AvgIpc) is 2.15. The molecule has 1 atom stereocenters. The molecule has 0 radical (unpaired) electrons. The summed E-state index contributed by atoms with van der Waals surface area (Å²) < 4.78 is 1.21. The second-order valence-corrected chi connectivity index (χ2v) is 4.74. The topological polar surface area (TPSA) is 29.3 Å². The molecule has 78 valence electrons. The molecule has 0 saturated carbocycles. The molecule has 0 aromatic heterocycles. The van der Waals surface area contributed by atoms with E-state index in [4.69, 9.17) is 5.73 Å². The summed E-state index contributed by atoms with van der Waals surface area (Å²) in [4.78, 5) is 2.29. The summed E-state index contributed by atoms with van der Waals surface area (Å²) in [5.41, 5.74) is 7.80. The minimum atomic E-state index is 0.562. The third-order valence-electron chi connectivity index (χ3n) is 2.60. The Labute approximate surface area is 99.6 Å². The fourth-order valence-corrected chi connectivity index (χ4v) is 2.24. The van der Waals surface area contributed by atoms with Gasteiger partial charge in [-0.25, -0.2) is 0 Å². The van der Waals surface area contributed by atoms with Crippen LogP contribution in [0.3, 0.4) is 0 Å². The highest BCUT2D eigenvalue weighted by Crippen LogP contribution is 2.25. The molecule has 0 heterocycles. The molecule has 14 heavy (non-hydrogen) atoms. The molecule has 1 aromatic carbocycles. The summed E-state index contributed by atoms with van der Waals surface area (Å²) in [5, 5.41) is 0. The maximum atomic E-state index is 5.71. The molecule has 0 amide bonds. The minimum absolute atomic E-state index is 0.562. The number of nitrogen functional groups attached to an aromatic ring is 1. The van der Waals surface area contributed by atoms with E-state index in [9.17, 15) is 0 Å². The minimum Gasteiger partial charge on any atom is -0.399 e. The average molecular weight is 304 g/mol. The highest BCUT2D eigenvalue weighted by molar-refractivity contribution is 14.1. The van der Waals surface area contributed by atoms with Gasteiger partial charge in [-0.2, -0.15) is 0 Å². The summed E-state index contributed by atoms with van der Waals surface area (Å²) in [6.45, 7) is 4.43. The van der Waals surface area contributed by atoms with Crippen molar-refractivity contribution in [3.8, 4) is 0 Å². The van der Waals surface area contributed by atoms with Gasteiger partial charge in [0.2, 0.25) is 0 Å². The molecule has 1 unspecified atom stereocenters. The molecule has 0 aliphatic carbocycles. The van der Waals surface area contributed by atoms with Crippen LogP contribution in [-0.2, 0) is 0 Å². The maximum absolute atomic E-state index is 5.71. The van der Waals surface area contributed by atoms with Crippen molar-refractivity contribution >= 4 is 34.0 Å². The summed E-state index contributed by atoms with van der Waals surface area (Å²) >= 11 is 2.33. The molecular weight excluding hydrogens is 287 g/mol. The first kappa shape index (κ1) is 11.6. The van der Waals surface area contributed by atoms with Gasteiger partial charge in [0.25, 0.3) is 0 Å². The Hall–Kier alpha value is -0.450. The van der Waals surface area contributed by atoms with Crippen LogP contribution in [0.4, 0.5) is 11.4 Å². The summed E-state index contributed by atoms with van der Waals surface area (Å²) in [6.07, 6.45) is 1.15. The molecule has 0 fully saturated rings. The van der Waals surface area contributed by atoms with Gasteiger partial charge in [0, 0.05) is 22.3 Å². The monoisotopic (exact) mass is 304 g/mol. The Bertz CT molecular complexity index is 312. The molecule has 2 N–H and O–H groups in total. The molecule has 0 saturated heterocycles. The van der Waals surface area contributed by atoms with Crippen LogP contribution in [-0.4, -0.2) is 13.1 Å². The number of nitrogens with two attached hydrogens (primary N) is 1. The molecule has 2 nitrogen and oxygen atoms in total. The van der Waals surface area contributed by atoms with Crippen molar-refractivity contribution in [1.82, 2.24) is 0 Å². The molecule has 0 spiro atoms. The Morgan fingerprint density at radius 1 is 1.50 bits per heavy atom. The molecule has 1 aromatic rings. The van der Waals surface area contributed by atoms with Gasteiger partial charge in [-0.3, -0.25) is 0 Å². The summed E-state index contributed by atoms with van der Waals surface area (Å²) in [5.74, 6) is 0. The molecule has 0 aliphatic heterocycles. The van der Waals surface area contributed by atoms with Crippen LogP contribution in [0.2, 0.25) is 0 Å². The number of nitrogens with zero attached hydrogens (tertiary/aromatic N) is 1. The number of halogens is 1. The fourth-order valence-electron chi connectivity index (χ4n) is 1.32. The number of benzene rings is 1. The van der Waals surface area contributed by atoms with Gasteiger partial charge in [-0.1, -0.05) is 6.92 Å². The fraction of sp³-hybridized carbons (Fsp3) is 0.455. The molecular formula is C11H17IN2. The van der Waals surface area contributed by atoms with Gasteiger partial charge in [0.1, 0.15) is 0 Å². The van der Waals surface area contributed by atoms with Gasteiger partial charge < -0.3 is 10.6 Å². The zero-order valence-corrected chi connectivity index (χ0v) is 11.1. The van der Waals surface area contributed by atoms with Crippen molar-refractivity contribution in [2.24, 2.45) is 0 Å². The van der Waals surface area contributed by atoms with E-state index in [0.717, 1.165) is 12.1 Å². The highest BCUT2D eigenvalue weighted by atomic mass is 127. The van der Waals surface area contributed by atoms with Crippen molar-refractivity contribution < 1.29 is 0 Å². The second-order valence-electron chi connectivity index (χ2n) is 3.58. The number of hydrogen-bond acceptors (Lipinski definition) is 2. The van der Waals surface area contributed by atoms with E-state index in [-0.39, 0.29) is 0 Å². The Morgan fingerprint density at radius 3 is 2.64 bits per heavy atom. The predicted molar refractivity (Wildman–Crippen MR) is 71.7 cm³/mol. The van der Waals surface area contributed by atoms with Gasteiger partial charge in [0.15, 0.2) is 0 Å². The van der Waals surface area contributed by atoms with Crippen LogP contribution in [0.15, 0.2) is 18.2 Å². The van der Waals surface area contributed by atoms with Gasteiger partial charge in [-0.15, -0.1) is 0 Å². The first-order chi connectivity index (χ1) is 6.56. The number of rotatable bonds is 3. The Balaban J connectivity index is 2.95. The van der Waals surface area contributed by atoms with Crippen LogP contribution in [0.1, 0.15) is 20.3 Å². The lowest BCUT2D eigenvalue weighted by molar-refractivity contribution is 0.663. The second kappa shape index (κ2) is 4.87. The van der Waals surface area contributed by atoms with Crippen molar-refractivity contribution in [2.45, 2.75) is 26.3 Å². The van der Waals surface area contributed by atoms with E-state index < -0.39 is 0 Å². The highest BCUT2D eigenvalue weighted by Gasteiger charge is 2.10. The molecule has 3 heteroatoms. The normalized spacial score (nSPS) is 12.6. The van der Waals surface area contributed by atoms with E-state index in [2.05, 4.69) is 54.5 Å². The van der Waals surface area contributed by atoms with Crippen LogP contribution >= 0.6 is 22.6 Å². The van der Waals surface area contributed by atoms with Crippen LogP contribution in [0, 0.1) is 3.57 Å². The first-order valence-electron chi connectivity index (χ1n) is 4.84. The van der Waals surface area contributed by atoms with Gasteiger partial charge in [-0.05, 0) is 54.1 Å². The third-order valence-corrected chi connectivity index (χ3v) is 3.47. The zero-order chi connectivity index (χ0) is 10.7. The van der Waals surface area contributed by atoms with Gasteiger partial charge in [0.05, 0.1) is 5.69 Å². The van der Waals surface area contributed by atoms with E-state index in [1.165, 1.54) is 9.26 Å². The lowest BCUT2D eigenvalue weighted by Crippen LogP contribution is -2.28. The molecule has 0 aliphatic rings.